The number of aromatic nitrogens is 3. The molecule has 1 amide bonds. The first-order valence-corrected chi connectivity index (χ1v) is 13.0. The second-order valence-electron chi connectivity index (χ2n) is 9.71. The quantitative estimate of drug-likeness (QED) is 0.211. The van der Waals surface area contributed by atoms with E-state index in [0.717, 1.165) is 58.4 Å². The van der Waals surface area contributed by atoms with Crippen LogP contribution >= 0.6 is 0 Å². The zero-order chi connectivity index (χ0) is 26.5. The lowest BCUT2D eigenvalue weighted by molar-refractivity contribution is 0.103. The van der Waals surface area contributed by atoms with Gasteiger partial charge in [-0.15, -0.1) is 0 Å². The lowest BCUT2D eigenvalue weighted by atomic mass is 10.1. The van der Waals surface area contributed by atoms with Gasteiger partial charge in [0, 0.05) is 38.2 Å². The molecule has 1 aliphatic heterocycles. The number of amides is 1. The zero-order valence-corrected chi connectivity index (χ0v) is 21.7. The number of ether oxygens (including phenoxy) is 2. The Balaban J connectivity index is 1.30. The summed E-state index contributed by atoms with van der Waals surface area (Å²) in [5, 5.41) is 6.97. The average Bonchev–Trinajstić information content (AvgIpc) is 3.57. The molecule has 5 rings (SSSR count). The first-order chi connectivity index (χ1) is 18.5. The molecule has 0 saturated carbocycles. The third-order valence-corrected chi connectivity index (χ3v) is 6.60. The van der Waals surface area contributed by atoms with Crippen molar-refractivity contribution < 1.29 is 14.3 Å². The molecule has 38 heavy (non-hydrogen) atoms. The van der Waals surface area contributed by atoms with Crippen LogP contribution in [-0.2, 0) is 22.6 Å². The number of imidazole rings is 1. The van der Waals surface area contributed by atoms with E-state index in [1.807, 2.05) is 37.3 Å². The highest BCUT2D eigenvalue weighted by molar-refractivity contribution is 6.06. The van der Waals surface area contributed by atoms with E-state index in [0.29, 0.717) is 44.1 Å². The molecule has 9 heteroatoms. The van der Waals surface area contributed by atoms with Crippen LogP contribution in [0.25, 0.3) is 21.9 Å². The van der Waals surface area contributed by atoms with Crippen molar-refractivity contribution in [2.45, 2.75) is 39.0 Å². The number of rotatable bonds is 10. The van der Waals surface area contributed by atoms with Crippen molar-refractivity contribution in [3.05, 3.63) is 77.6 Å². The summed E-state index contributed by atoms with van der Waals surface area (Å²) in [6, 6.07) is 16.2. The number of anilines is 1. The molecule has 4 N–H and O–H groups in total. The van der Waals surface area contributed by atoms with Crippen molar-refractivity contribution in [1.29, 1.82) is 0 Å². The number of pyridine rings is 1. The molecule has 9 nitrogen and oxygen atoms in total. The maximum absolute atomic E-state index is 12.0. The number of nitrogens with one attached hydrogen (secondary N) is 2. The van der Waals surface area contributed by atoms with Crippen LogP contribution in [0.2, 0.25) is 0 Å². The summed E-state index contributed by atoms with van der Waals surface area (Å²) in [6.07, 6.45) is 1.44. The SMILES string of the molecule is C=C(C)CNCCOC(=O)NCc1ccc(Cn2c(C3CCCO3)nc3c(N)nc4ccccc4c32)cc1. The van der Waals surface area contributed by atoms with E-state index in [4.69, 9.17) is 20.2 Å². The van der Waals surface area contributed by atoms with E-state index in [1.54, 1.807) is 0 Å². The zero-order valence-electron chi connectivity index (χ0n) is 21.7. The fraction of sp³-hybridized carbons (Fsp3) is 0.345. The lowest BCUT2D eigenvalue weighted by Crippen LogP contribution is -2.28. The normalized spacial score (nSPS) is 15.2. The molecule has 1 atom stereocenters. The maximum atomic E-state index is 12.0. The van der Waals surface area contributed by atoms with Crippen LogP contribution in [0.3, 0.4) is 0 Å². The number of carbonyl (C=O) groups excluding carboxylic acids is 1. The number of hydrogen-bond donors (Lipinski definition) is 3. The molecule has 1 fully saturated rings. The minimum absolute atomic E-state index is 0.0638. The fourth-order valence-electron chi connectivity index (χ4n) is 4.75. The highest BCUT2D eigenvalue weighted by Crippen LogP contribution is 2.35. The van der Waals surface area contributed by atoms with E-state index in [1.165, 1.54) is 0 Å². The highest BCUT2D eigenvalue weighted by Gasteiger charge is 2.26. The molecule has 0 spiro atoms. The molecule has 198 valence electrons. The van der Waals surface area contributed by atoms with Gasteiger partial charge in [0.15, 0.2) is 5.82 Å². The third kappa shape index (κ3) is 5.79. The van der Waals surface area contributed by atoms with E-state index in [-0.39, 0.29) is 6.10 Å². The number of alkyl carbamates (subject to hydrolysis) is 1. The Morgan fingerprint density at radius 2 is 1.97 bits per heavy atom. The predicted molar refractivity (Wildman–Crippen MR) is 149 cm³/mol. The summed E-state index contributed by atoms with van der Waals surface area (Å²) >= 11 is 0. The summed E-state index contributed by atoms with van der Waals surface area (Å²) in [5.41, 5.74) is 12.0. The summed E-state index contributed by atoms with van der Waals surface area (Å²) in [4.78, 5) is 21.5. The number of fused-ring (bicyclic) bond motifs is 3. The molecule has 4 aromatic rings. The molecule has 0 radical (unpaired) electrons. The lowest BCUT2D eigenvalue weighted by Gasteiger charge is -2.15. The average molecular weight is 515 g/mol. The van der Waals surface area contributed by atoms with Crippen molar-refractivity contribution >= 4 is 33.8 Å². The van der Waals surface area contributed by atoms with Gasteiger partial charge in [-0.05, 0) is 37.0 Å². The third-order valence-electron chi connectivity index (χ3n) is 6.60. The molecule has 1 unspecified atom stereocenters. The van der Waals surface area contributed by atoms with Crippen molar-refractivity contribution in [3.8, 4) is 0 Å². The Bertz CT molecular complexity index is 1440. The van der Waals surface area contributed by atoms with Gasteiger partial charge in [-0.1, -0.05) is 54.6 Å². The molecule has 1 saturated heterocycles. The van der Waals surface area contributed by atoms with Crippen molar-refractivity contribution in [2.24, 2.45) is 0 Å². The Labute approximate surface area is 222 Å². The van der Waals surface area contributed by atoms with Crippen LogP contribution in [0.4, 0.5) is 10.6 Å². The molecule has 3 heterocycles. The highest BCUT2D eigenvalue weighted by atomic mass is 16.5. The van der Waals surface area contributed by atoms with Crippen molar-refractivity contribution in [3.63, 3.8) is 0 Å². The second kappa shape index (κ2) is 11.6. The Hall–Kier alpha value is -3.95. The van der Waals surface area contributed by atoms with Crippen LogP contribution < -0.4 is 16.4 Å². The molecule has 0 bridgehead atoms. The number of nitrogens with two attached hydrogens (primary N) is 1. The number of benzene rings is 2. The van der Waals surface area contributed by atoms with Gasteiger partial charge in [-0.2, -0.15) is 0 Å². The summed E-state index contributed by atoms with van der Waals surface area (Å²) in [7, 11) is 0. The largest absolute Gasteiger partial charge is 0.448 e. The van der Waals surface area contributed by atoms with Gasteiger partial charge < -0.3 is 30.4 Å². The Morgan fingerprint density at radius 3 is 2.74 bits per heavy atom. The van der Waals surface area contributed by atoms with Gasteiger partial charge >= 0.3 is 6.09 Å². The van der Waals surface area contributed by atoms with Gasteiger partial charge in [0.05, 0.1) is 11.0 Å². The van der Waals surface area contributed by atoms with E-state index in [9.17, 15) is 4.79 Å². The predicted octanol–water partition coefficient (Wildman–Crippen LogP) is 4.46. The maximum Gasteiger partial charge on any atom is 0.407 e. The number of nitrogens with zero attached hydrogens (tertiary/aromatic N) is 3. The van der Waals surface area contributed by atoms with Crippen LogP contribution in [0.5, 0.6) is 0 Å². The second-order valence-corrected chi connectivity index (χ2v) is 9.71. The summed E-state index contributed by atoms with van der Waals surface area (Å²) < 4.78 is 13.4. The summed E-state index contributed by atoms with van der Waals surface area (Å²) in [6.45, 7) is 9.12. The molecule has 1 aliphatic rings. The summed E-state index contributed by atoms with van der Waals surface area (Å²) in [5.74, 6) is 1.31. The minimum atomic E-state index is -0.435. The fourth-order valence-corrected chi connectivity index (χ4v) is 4.75. The number of para-hydroxylation sites is 1. The van der Waals surface area contributed by atoms with Crippen LogP contribution in [-0.4, -0.2) is 46.9 Å². The Morgan fingerprint density at radius 1 is 1.18 bits per heavy atom. The van der Waals surface area contributed by atoms with E-state index < -0.39 is 6.09 Å². The number of hydrogen-bond acceptors (Lipinski definition) is 7. The molecular weight excluding hydrogens is 480 g/mol. The number of carbonyl (C=O) groups is 1. The first kappa shape index (κ1) is 25.7. The first-order valence-electron chi connectivity index (χ1n) is 13.0. The minimum Gasteiger partial charge on any atom is -0.448 e. The van der Waals surface area contributed by atoms with Crippen LogP contribution in [0.15, 0.2) is 60.7 Å². The van der Waals surface area contributed by atoms with E-state index in [2.05, 4.69) is 45.0 Å². The van der Waals surface area contributed by atoms with Crippen molar-refractivity contribution in [1.82, 2.24) is 25.2 Å². The van der Waals surface area contributed by atoms with Gasteiger partial charge in [0.1, 0.15) is 24.1 Å². The van der Waals surface area contributed by atoms with E-state index >= 15 is 0 Å². The monoisotopic (exact) mass is 514 g/mol. The van der Waals surface area contributed by atoms with Crippen LogP contribution in [0, 0.1) is 0 Å². The van der Waals surface area contributed by atoms with Gasteiger partial charge in [0.25, 0.3) is 0 Å². The number of nitrogen functional groups attached to an aromatic ring is 1. The molecule has 0 aliphatic carbocycles. The molecule has 2 aromatic carbocycles. The topological polar surface area (TPSA) is 116 Å². The molecule has 2 aromatic heterocycles. The van der Waals surface area contributed by atoms with Crippen LogP contribution in [0.1, 0.15) is 42.8 Å². The smallest absolute Gasteiger partial charge is 0.407 e. The Kier molecular flexibility index (Phi) is 7.86. The van der Waals surface area contributed by atoms with Gasteiger partial charge in [-0.25, -0.2) is 14.8 Å². The van der Waals surface area contributed by atoms with Gasteiger partial charge in [0.2, 0.25) is 0 Å². The standard InChI is InChI=1S/C29H34N6O3/c1-19(2)16-31-13-15-38-29(36)32-17-20-9-11-21(12-10-20)18-35-26-22-6-3-4-7-23(22)33-27(30)25(26)34-28(35)24-8-5-14-37-24/h3-4,6-7,9-12,24,31H,1,5,8,13-18H2,2H3,(H2,30,33)(H,32,36). The van der Waals surface area contributed by atoms with Gasteiger partial charge in [-0.3, -0.25) is 0 Å². The van der Waals surface area contributed by atoms with Crippen molar-refractivity contribution in [2.75, 3.05) is 32.0 Å². The molecular formula is C29H34N6O3.